The first-order chi connectivity index (χ1) is 17.4. The van der Waals surface area contributed by atoms with Crippen molar-refractivity contribution in [3.8, 4) is 0 Å². The number of nitrogens with zero attached hydrogens (tertiary/aromatic N) is 3. The van der Waals surface area contributed by atoms with E-state index in [9.17, 15) is 31.9 Å². The molecule has 1 aromatic heterocycles. The molecule has 0 unspecified atom stereocenters. The molecule has 2 aromatic rings. The van der Waals surface area contributed by atoms with E-state index < -0.39 is 41.2 Å². The molecule has 3 N–H and O–H groups in total. The molecule has 0 bridgehead atoms. The highest BCUT2D eigenvalue weighted by Gasteiger charge is 2.69. The van der Waals surface area contributed by atoms with Gasteiger partial charge in [0.2, 0.25) is 5.91 Å². The maximum absolute atomic E-state index is 13.8. The Kier molecular flexibility index (Phi) is 7.06. The summed E-state index contributed by atoms with van der Waals surface area (Å²) < 4.78 is 54.5. The Hall–Kier alpha value is -3.41. The van der Waals surface area contributed by atoms with E-state index in [0.29, 0.717) is 12.0 Å². The molecule has 8 nitrogen and oxygen atoms in total. The molecule has 1 aromatic carbocycles. The molecule has 0 spiro atoms. The number of amides is 3. The minimum Gasteiger partial charge on any atom is -0.383 e. The third kappa shape index (κ3) is 5.07. The lowest BCUT2D eigenvalue weighted by Crippen LogP contribution is -2.57. The highest BCUT2D eigenvalue weighted by molar-refractivity contribution is 6.39. The zero-order valence-electron chi connectivity index (χ0n) is 19.7. The molecular formula is C24H24ClF4N5O3. The van der Waals surface area contributed by atoms with Gasteiger partial charge in [0.15, 0.2) is 0 Å². The van der Waals surface area contributed by atoms with E-state index in [1.165, 1.54) is 18.3 Å². The zero-order chi connectivity index (χ0) is 27.1. The summed E-state index contributed by atoms with van der Waals surface area (Å²) in [5.41, 5.74) is 4.51. The van der Waals surface area contributed by atoms with Gasteiger partial charge in [-0.05, 0) is 48.6 Å². The number of aryl methyl sites for hydroxylation is 1. The summed E-state index contributed by atoms with van der Waals surface area (Å²) in [5, 5.41) is 2.19. The van der Waals surface area contributed by atoms with Crippen LogP contribution in [0, 0.1) is 11.2 Å². The Balaban J connectivity index is 1.59. The van der Waals surface area contributed by atoms with Crippen LogP contribution in [0.5, 0.6) is 0 Å². The van der Waals surface area contributed by atoms with E-state index >= 15 is 0 Å². The number of pyridine rings is 1. The van der Waals surface area contributed by atoms with E-state index in [0.717, 1.165) is 15.9 Å². The van der Waals surface area contributed by atoms with Crippen molar-refractivity contribution in [1.29, 1.82) is 0 Å². The van der Waals surface area contributed by atoms with Gasteiger partial charge >= 0.3 is 18.0 Å². The van der Waals surface area contributed by atoms with E-state index in [4.69, 9.17) is 17.3 Å². The third-order valence-corrected chi connectivity index (χ3v) is 7.08. The Morgan fingerprint density at radius 1 is 1.22 bits per heavy atom. The maximum atomic E-state index is 13.8. The second-order valence-electron chi connectivity index (χ2n) is 9.09. The Morgan fingerprint density at radius 3 is 2.51 bits per heavy atom. The average Bonchev–Trinajstić information content (AvgIpc) is 3.68. The highest BCUT2D eigenvalue weighted by Crippen LogP contribution is 2.58. The number of rotatable bonds is 4. The van der Waals surface area contributed by atoms with Crippen molar-refractivity contribution in [2.45, 2.75) is 38.4 Å². The standard InChI is InChI=1S/C24H24ClF4N5O3/c1-2-13-9-15(11-31-19(13)30)32-20(35)21(36)34-8-7-33(22(37)23(5-6-23)24(27,28)29)12-18(34)14-3-4-17(26)16(25)10-14/h3-4,9-11,18H,2,5-8,12H2,1H3,(H2,30,31)(H,32,35)/t18-/m1/s1. The summed E-state index contributed by atoms with van der Waals surface area (Å²) in [4.78, 5) is 45.1. The minimum atomic E-state index is -4.70. The molecule has 1 aliphatic heterocycles. The summed E-state index contributed by atoms with van der Waals surface area (Å²) in [7, 11) is 0. The zero-order valence-corrected chi connectivity index (χ0v) is 20.5. The number of carbonyl (C=O) groups is 3. The predicted molar refractivity (Wildman–Crippen MR) is 127 cm³/mol. The first-order valence-corrected chi connectivity index (χ1v) is 11.9. The summed E-state index contributed by atoms with van der Waals surface area (Å²) in [6, 6.07) is 4.13. The SMILES string of the molecule is CCc1cc(NC(=O)C(=O)N2CCN(C(=O)C3(C(F)(F)F)CC3)C[C@@H]2c2ccc(F)c(Cl)c2)cnc1N. The summed E-state index contributed by atoms with van der Waals surface area (Å²) in [5.74, 6) is -3.52. The molecule has 1 saturated carbocycles. The van der Waals surface area contributed by atoms with Crippen LogP contribution in [0.15, 0.2) is 30.5 Å². The first kappa shape index (κ1) is 26.6. The van der Waals surface area contributed by atoms with Crippen LogP contribution in [-0.2, 0) is 20.8 Å². The van der Waals surface area contributed by atoms with E-state index in [-0.39, 0.29) is 54.6 Å². The van der Waals surface area contributed by atoms with Gasteiger partial charge in [-0.3, -0.25) is 14.4 Å². The molecule has 198 valence electrons. The fourth-order valence-corrected chi connectivity index (χ4v) is 4.64. The molecule has 13 heteroatoms. The third-order valence-electron chi connectivity index (χ3n) is 6.79. The first-order valence-electron chi connectivity index (χ1n) is 11.6. The van der Waals surface area contributed by atoms with Gasteiger partial charge in [0.25, 0.3) is 0 Å². The lowest BCUT2D eigenvalue weighted by molar-refractivity contribution is -0.200. The largest absolute Gasteiger partial charge is 0.403 e. The van der Waals surface area contributed by atoms with Crippen LogP contribution in [0.2, 0.25) is 5.02 Å². The number of piperazine rings is 1. The number of nitrogen functional groups attached to an aromatic ring is 1. The molecule has 4 rings (SSSR count). The van der Waals surface area contributed by atoms with E-state index in [2.05, 4.69) is 10.3 Å². The van der Waals surface area contributed by atoms with Gasteiger partial charge in [-0.2, -0.15) is 13.2 Å². The summed E-state index contributed by atoms with van der Waals surface area (Å²) in [6.45, 7) is 1.10. The maximum Gasteiger partial charge on any atom is 0.403 e. The molecule has 1 saturated heterocycles. The quantitative estimate of drug-likeness (QED) is 0.453. The van der Waals surface area contributed by atoms with Gasteiger partial charge in [0.05, 0.1) is 22.9 Å². The molecule has 3 amide bonds. The second-order valence-corrected chi connectivity index (χ2v) is 9.50. The van der Waals surface area contributed by atoms with Crippen molar-refractivity contribution in [2.75, 3.05) is 30.7 Å². The molecule has 37 heavy (non-hydrogen) atoms. The van der Waals surface area contributed by atoms with Crippen LogP contribution in [0.1, 0.15) is 36.9 Å². The number of hydrogen-bond donors (Lipinski definition) is 2. The van der Waals surface area contributed by atoms with Crippen LogP contribution in [0.3, 0.4) is 0 Å². The molecule has 1 atom stereocenters. The Bertz CT molecular complexity index is 1250. The van der Waals surface area contributed by atoms with Crippen LogP contribution in [0.4, 0.5) is 29.1 Å². The summed E-state index contributed by atoms with van der Waals surface area (Å²) in [6.07, 6.45) is -3.48. The Morgan fingerprint density at radius 2 is 1.92 bits per heavy atom. The number of benzene rings is 1. The number of carbonyl (C=O) groups excluding carboxylic acids is 3. The van der Waals surface area contributed by atoms with Crippen molar-refractivity contribution in [3.63, 3.8) is 0 Å². The monoisotopic (exact) mass is 541 g/mol. The van der Waals surface area contributed by atoms with Gasteiger partial charge in [-0.1, -0.05) is 24.6 Å². The molecular weight excluding hydrogens is 518 g/mol. The molecule has 2 heterocycles. The van der Waals surface area contributed by atoms with Gasteiger partial charge in [-0.25, -0.2) is 9.37 Å². The van der Waals surface area contributed by atoms with Gasteiger partial charge in [0, 0.05) is 19.6 Å². The van der Waals surface area contributed by atoms with Crippen molar-refractivity contribution >= 4 is 40.8 Å². The van der Waals surface area contributed by atoms with E-state index in [1.807, 2.05) is 6.92 Å². The van der Waals surface area contributed by atoms with Crippen molar-refractivity contribution in [2.24, 2.45) is 5.41 Å². The van der Waals surface area contributed by atoms with Crippen molar-refractivity contribution in [3.05, 3.63) is 52.4 Å². The van der Waals surface area contributed by atoms with Crippen molar-refractivity contribution in [1.82, 2.24) is 14.8 Å². The fourth-order valence-electron chi connectivity index (χ4n) is 4.45. The number of aromatic nitrogens is 1. The minimum absolute atomic E-state index is 0.204. The highest BCUT2D eigenvalue weighted by atomic mass is 35.5. The van der Waals surface area contributed by atoms with Crippen molar-refractivity contribution < 1.29 is 31.9 Å². The number of halogens is 5. The second kappa shape index (κ2) is 9.81. The fraction of sp³-hybridized carbons (Fsp3) is 0.417. The normalized spacial score (nSPS) is 18.9. The lowest BCUT2D eigenvalue weighted by atomic mass is 9.98. The Labute approximate surface area is 214 Å². The number of nitrogens with two attached hydrogens (primary N) is 1. The number of alkyl halides is 3. The number of hydrogen-bond acceptors (Lipinski definition) is 5. The molecule has 2 aliphatic rings. The molecule has 2 fully saturated rings. The van der Waals surface area contributed by atoms with Crippen LogP contribution in [0.25, 0.3) is 0 Å². The smallest absolute Gasteiger partial charge is 0.383 e. The molecule has 0 radical (unpaired) electrons. The topological polar surface area (TPSA) is 109 Å². The number of nitrogens with one attached hydrogen (secondary N) is 1. The van der Waals surface area contributed by atoms with Crippen LogP contribution < -0.4 is 11.1 Å². The van der Waals surface area contributed by atoms with Crippen LogP contribution >= 0.6 is 11.6 Å². The average molecular weight is 542 g/mol. The van der Waals surface area contributed by atoms with E-state index in [1.54, 1.807) is 6.07 Å². The van der Waals surface area contributed by atoms with Gasteiger partial charge < -0.3 is 20.9 Å². The van der Waals surface area contributed by atoms with Gasteiger partial charge in [0.1, 0.15) is 17.1 Å². The van der Waals surface area contributed by atoms with Crippen LogP contribution in [-0.4, -0.2) is 58.3 Å². The lowest BCUT2D eigenvalue weighted by Gasteiger charge is -2.42. The predicted octanol–water partition coefficient (Wildman–Crippen LogP) is 3.71. The summed E-state index contributed by atoms with van der Waals surface area (Å²) >= 11 is 5.91. The number of anilines is 2. The molecule has 1 aliphatic carbocycles. The van der Waals surface area contributed by atoms with Gasteiger partial charge in [-0.15, -0.1) is 0 Å².